The summed E-state index contributed by atoms with van der Waals surface area (Å²) < 4.78 is 2.26. The molecule has 0 radical (unpaired) electrons. The molecule has 0 amide bonds. The molecule has 0 saturated carbocycles. The van der Waals surface area contributed by atoms with Gasteiger partial charge in [-0.2, -0.15) is 0 Å². The highest BCUT2D eigenvalue weighted by atomic mass is 32.1. The van der Waals surface area contributed by atoms with E-state index in [2.05, 4.69) is 57.2 Å². The van der Waals surface area contributed by atoms with E-state index < -0.39 is 0 Å². The lowest BCUT2D eigenvalue weighted by atomic mass is 10.2. The maximum atomic E-state index is 4.85. The van der Waals surface area contributed by atoms with E-state index in [9.17, 15) is 0 Å². The fourth-order valence-electron chi connectivity index (χ4n) is 3.43. The number of likely N-dealkylation sites (tertiary alicyclic amines) is 1. The van der Waals surface area contributed by atoms with Gasteiger partial charge in [0, 0.05) is 42.5 Å². The van der Waals surface area contributed by atoms with E-state index >= 15 is 0 Å². The second kappa shape index (κ2) is 6.87. The molecular weight excluding hydrogens is 316 g/mol. The first-order valence-electron chi connectivity index (χ1n) is 8.51. The summed E-state index contributed by atoms with van der Waals surface area (Å²) in [4.78, 5) is 11.8. The summed E-state index contributed by atoms with van der Waals surface area (Å²) in [7, 11) is 0. The average Bonchev–Trinajstić information content (AvgIpc) is 3.33. The van der Waals surface area contributed by atoms with Crippen LogP contribution < -0.4 is 0 Å². The molecule has 5 heteroatoms. The van der Waals surface area contributed by atoms with Crippen LogP contribution in [0.5, 0.6) is 0 Å². The Morgan fingerprint density at radius 1 is 1.25 bits per heavy atom. The van der Waals surface area contributed by atoms with Crippen LogP contribution in [-0.4, -0.2) is 32.0 Å². The van der Waals surface area contributed by atoms with Crippen LogP contribution in [0.1, 0.15) is 24.4 Å². The van der Waals surface area contributed by atoms with Gasteiger partial charge in [-0.15, -0.1) is 11.3 Å². The van der Waals surface area contributed by atoms with Crippen molar-refractivity contribution in [2.24, 2.45) is 0 Å². The molecule has 4 nitrogen and oxygen atoms in total. The van der Waals surface area contributed by atoms with Crippen molar-refractivity contribution >= 4 is 11.3 Å². The first-order chi connectivity index (χ1) is 11.8. The van der Waals surface area contributed by atoms with E-state index in [1.165, 1.54) is 24.1 Å². The minimum Gasteiger partial charge on any atom is -0.334 e. The second-order valence-corrected chi connectivity index (χ2v) is 7.26. The summed E-state index contributed by atoms with van der Waals surface area (Å²) in [5.74, 6) is 1.10. The van der Waals surface area contributed by atoms with Gasteiger partial charge in [-0.1, -0.05) is 30.3 Å². The van der Waals surface area contributed by atoms with Crippen molar-refractivity contribution < 1.29 is 0 Å². The summed E-state index contributed by atoms with van der Waals surface area (Å²) in [5, 5.41) is 3.33. The lowest BCUT2D eigenvalue weighted by Gasteiger charge is -2.24. The van der Waals surface area contributed by atoms with Crippen molar-refractivity contribution in [3.63, 3.8) is 0 Å². The first kappa shape index (κ1) is 15.5. The first-order valence-corrected chi connectivity index (χ1v) is 9.39. The topological polar surface area (TPSA) is 34.0 Å². The molecule has 0 bridgehead atoms. The average molecular weight is 338 g/mol. The molecule has 0 spiro atoms. The van der Waals surface area contributed by atoms with Gasteiger partial charge in [-0.05, 0) is 26.3 Å². The molecule has 4 rings (SSSR count). The number of hydrogen-bond donors (Lipinski definition) is 0. The fourth-order valence-corrected chi connectivity index (χ4v) is 4.25. The van der Waals surface area contributed by atoms with Gasteiger partial charge in [-0.25, -0.2) is 9.97 Å². The van der Waals surface area contributed by atoms with Gasteiger partial charge in [-0.3, -0.25) is 4.90 Å². The van der Waals surface area contributed by atoms with E-state index in [1.807, 2.05) is 12.3 Å². The Kier molecular flexibility index (Phi) is 4.45. The zero-order valence-corrected chi connectivity index (χ0v) is 14.7. The smallest absolute Gasteiger partial charge is 0.123 e. The Labute approximate surface area is 146 Å². The SMILES string of the molecule is Cc1nccn1C[C@@H]1CCCN1Cc1csc(-c2ccccc2)n1. The predicted octanol–water partition coefficient (Wildman–Crippen LogP) is 3.98. The zero-order chi connectivity index (χ0) is 16.4. The third-order valence-corrected chi connectivity index (χ3v) is 5.71. The minimum atomic E-state index is 0.583. The Morgan fingerprint density at radius 2 is 2.12 bits per heavy atom. The molecule has 1 aliphatic rings. The van der Waals surface area contributed by atoms with E-state index in [1.54, 1.807) is 11.3 Å². The molecule has 24 heavy (non-hydrogen) atoms. The monoisotopic (exact) mass is 338 g/mol. The molecule has 2 aromatic heterocycles. The number of hydrogen-bond acceptors (Lipinski definition) is 4. The van der Waals surface area contributed by atoms with Gasteiger partial charge < -0.3 is 4.57 Å². The molecule has 1 atom stereocenters. The Hall–Kier alpha value is -1.98. The van der Waals surface area contributed by atoms with E-state index in [4.69, 9.17) is 4.98 Å². The maximum Gasteiger partial charge on any atom is 0.123 e. The standard InChI is InChI=1S/C19H22N4S/c1-15-20-9-11-22(15)13-18-8-5-10-23(18)12-17-14-24-19(21-17)16-6-3-2-4-7-16/h2-4,6-7,9,11,14,18H,5,8,10,12-13H2,1H3/t18-/m0/s1. The summed E-state index contributed by atoms with van der Waals surface area (Å²) in [6.07, 6.45) is 6.50. The molecule has 0 N–H and O–H groups in total. The Balaban J connectivity index is 1.45. The quantitative estimate of drug-likeness (QED) is 0.706. The lowest BCUT2D eigenvalue weighted by molar-refractivity contribution is 0.221. The molecule has 1 fully saturated rings. The van der Waals surface area contributed by atoms with Crippen LogP contribution in [0.15, 0.2) is 48.1 Å². The summed E-state index contributed by atoms with van der Waals surface area (Å²) in [6, 6.07) is 11.0. The van der Waals surface area contributed by atoms with Gasteiger partial charge in [0.05, 0.1) is 5.69 Å². The van der Waals surface area contributed by atoms with Crippen LogP contribution in [0.25, 0.3) is 10.6 Å². The van der Waals surface area contributed by atoms with Crippen molar-refractivity contribution in [2.45, 2.75) is 38.9 Å². The van der Waals surface area contributed by atoms with Crippen molar-refractivity contribution in [3.05, 3.63) is 59.6 Å². The molecule has 3 heterocycles. The van der Waals surface area contributed by atoms with Gasteiger partial charge in [0.1, 0.15) is 10.8 Å². The van der Waals surface area contributed by atoms with Crippen molar-refractivity contribution in [2.75, 3.05) is 6.54 Å². The molecule has 0 unspecified atom stereocenters. The van der Waals surface area contributed by atoms with Gasteiger partial charge in [0.2, 0.25) is 0 Å². The summed E-state index contributed by atoms with van der Waals surface area (Å²) in [5.41, 5.74) is 2.40. The third kappa shape index (κ3) is 3.28. The zero-order valence-electron chi connectivity index (χ0n) is 13.9. The van der Waals surface area contributed by atoms with Crippen LogP contribution in [0.3, 0.4) is 0 Å². The highest BCUT2D eigenvalue weighted by molar-refractivity contribution is 7.13. The van der Waals surface area contributed by atoms with Crippen LogP contribution in [0.4, 0.5) is 0 Å². The number of benzene rings is 1. The normalized spacial score (nSPS) is 18.3. The minimum absolute atomic E-state index is 0.583. The Bertz CT molecular complexity index is 793. The van der Waals surface area contributed by atoms with Crippen molar-refractivity contribution in [3.8, 4) is 10.6 Å². The van der Waals surface area contributed by atoms with Gasteiger partial charge >= 0.3 is 0 Å². The molecule has 1 saturated heterocycles. The van der Waals surface area contributed by atoms with Crippen LogP contribution in [-0.2, 0) is 13.1 Å². The van der Waals surface area contributed by atoms with Crippen LogP contribution >= 0.6 is 11.3 Å². The fraction of sp³-hybridized carbons (Fsp3) is 0.368. The number of rotatable bonds is 5. The molecule has 0 aliphatic carbocycles. The maximum absolute atomic E-state index is 4.85. The van der Waals surface area contributed by atoms with Gasteiger partial charge in [0.25, 0.3) is 0 Å². The van der Waals surface area contributed by atoms with Crippen LogP contribution in [0, 0.1) is 6.92 Å². The molecule has 124 valence electrons. The van der Waals surface area contributed by atoms with Crippen molar-refractivity contribution in [1.82, 2.24) is 19.4 Å². The highest BCUT2D eigenvalue weighted by Crippen LogP contribution is 2.26. The molecular formula is C19H22N4S. The summed E-state index contributed by atoms with van der Waals surface area (Å²) in [6.45, 7) is 5.21. The van der Waals surface area contributed by atoms with E-state index in [-0.39, 0.29) is 0 Å². The number of aryl methyl sites for hydroxylation is 1. The van der Waals surface area contributed by atoms with E-state index in [0.29, 0.717) is 6.04 Å². The molecule has 1 aromatic carbocycles. The number of imidazole rings is 1. The Morgan fingerprint density at radius 3 is 2.92 bits per heavy atom. The predicted molar refractivity (Wildman–Crippen MR) is 97.9 cm³/mol. The number of aromatic nitrogens is 3. The second-order valence-electron chi connectivity index (χ2n) is 6.40. The van der Waals surface area contributed by atoms with Gasteiger partial charge in [0.15, 0.2) is 0 Å². The van der Waals surface area contributed by atoms with Crippen LogP contribution in [0.2, 0.25) is 0 Å². The largest absolute Gasteiger partial charge is 0.334 e. The molecule has 1 aliphatic heterocycles. The number of thiazole rings is 1. The molecule has 3 aromatic rings. The summed E-state index contributed by atoms with van der Waals surface area (Å²) >= 11 is 1.74. The highest BCUT2D eigenvalue weighted by Gasteiger charge is 2.25. The van der Waals surface area contributed by atoms with Crippen molar-refractivity contribution in [1.29, 1.82) is 0 Å². The van der Waals surface area contributed by atoms with E-state index in [0.717, 1.165) is 30.5 Å². The lowest BCUT2D eigenvalue weighted by Crippen LogP contribution is -2.32. The third-order valence-electron chi connectivity index (χ3n) is 4.77. The number of nitrogens with zero attached hydrogens (tertiary/aromatic N) is 4.